The second-order valence-electron chi connectivity index (χ2n) is 3.87. The fraction of sp³-hybridized carbons (Fsp3) is 0.300. The molecule has 1 heterocycles. The van der Waals surface area contributed by atoms with Gasteiger partial charge in [0, 0.05) is 11.1 Å². The summed E-state index contributed by atoms with van der Waals surface area (Å²) in [4.78, 5) is 21.1. The highest BCUT2D eigenvalue weighted by Gasteiger charge is 2.49. The van der Waals surface area contributed by atoms with Crippen LogP contribution < -0.4 is 5.32 Å². The molecule has 1 saturated heterocycles. The van der Waals surface area contributed by atoms with E-state index in [9.17, 15) is 23.7 Å². The number of carbonyl (C=O) groups is 1. The van der Waals surface area contributed by atoms with E-state index in [4.69, 9.17) is 11.6 Å². The second-order valence-corrected chi connectivity index (χ2v) is 4.31. The van der Waals surface area contributed by atoms with Crippen molar-refractivity contribution in [2.24, 2.45) is 0 Å². The predicted octanol–water partition coefficient (Wildman–Crippen LogP) is 2.66. The van der Waals surface area contributed by atoms with Crippen LogP contribution in [0, 0.1) is 10.1 Å². The molecule has 1 fully saturated rings. The summed E-state index contributed by atoms with van der Waals surface area (Å²) in [5, 5.41) is 12.8. The first-order valence-corrected chi connectivity index (χ1v) is 5.44. The first-order chi connectivity index (χ1) is 8.81. The van der Waals surface area contributed by atoms with Crippen LogP contribution in [0.25, 0.3) is 0 Å². The molecule has 0 aliphatic carbocycles. The molecule has 19 heavy (non-hydrogen) atoms. The summed E-state index contributed by atoms with van der Waals surface area (Å²) in [5.41, 5.74) is -0.907. The highest BCUT2D eigenvalue weighted by molar-refractivity contribution is 6.30. The van der Waals surface area contributed by atoms with E-state index in [1.165, 1.54) is 6.07 Å². The van der Waals surface area contributed by atoms with Crippen LogP contribution in [0.1, 0.15) is 11.6 Å². The number of nitro benzene ring substituents is 1. The monoisotopic (exact) mass is 292 g/mol. The zero-order chi connectivity index (χ0) is 14.2. The van der Waals surface area contributed by atoms with E-state index in [0.717, 1.165) is 12.1 Å². The number of rotatable bonds is 2. The van der Waals surface area contributed by atoms with Crippen LogP contribution in [0.15, 0.2) is 18.2 Å². The summed E-state index contributed by atoms with van der Waals surface area (Å²) in [7, 11) is 0. The van der Waals surface area contributed by atoms with Gasteiger partial charge in [-0.2, -0.15) is 0 Å². The van der Waals surface area contributed by atoms with E-state index >= 15 is 0 Å². The zero-order valence-electron chi connectivity index (χ0n) is 9.23. The van der Waals surface area contributed by atoms with Crippen LogP contribution in [0.5, 0.6) is 0 Å². The number of amides is 1. The van der Waals surface area contributed by atoms with Crippen molar-refractivity contribution in [3.63, 3.8) is 0 Å². The summed E-state index contributed by atoms with van der Waals surface area (Å²) >= 11 is 5.66. The van der Waals surface area contributed by atoms with Crippen LogP contribution in [0.2, 0.25) is 5.02 Å². The summed E-state index contributed by atoms with van der Waals surface area (Å²) < 4.78 is 31.6. The van der Waals surface area contributed by atoms with Gasteiger partial charge in [-0.25, -0.2) is 13.6 Å². The molecule has 102 valence electrons. The number of alkyl carbamates (subject to hydrolysis) is 1. The maximum Gasteiger partial charge on any atom is 0.408 e. The molecular weight excluding hydrogens is 286 g/mol. The topological polar surface area (TPSA) is 81.5 Å². The number of benzene rings is 1. The van der Waals surface area contributed by atoms with Gasteiger partial charge in [0.15, 0.2) is 6.61 Å². The van der Waals surface area contributed by atoms with E-state index in [-0.39, 0.29) is 10.6 Å². The summed E-state index contributed by atoms with van der Waals surface area (Å²) in [6.45, 7) is -1.15. The third-order valence-electron chi connectivity index (χ3n) is 2.58. The number of cyclic esters (lactones) is 1. The van der Waals surface area contributed by atoms with Crippen LogP contribution >= 0.6 is 11.6 Å². The standard InChI is InChI=1S/C10H7ClF2N2O4/c11-5-1-2-7(15(17)18)6(3-5)8-10(12,13)4-19-9(16)14-8/h1-3,8H,4H2,(H,14,16)/t8-/m0/s1. The van der Waals surface area contributed by atoms with Crippen molar-refractivity contribution < 1.29 is 23.2 Å². The van der Waals surface area contributed by atoms with Gasteiger partial charge in [0.05, 0.1) is 10.5 Å². The minimum Gasteiger partial charge on any atom is -0.443 e. The molecule has 0 unspecified atom stereocenters. The predicted molar refractivity (Wildman–Crippen MR) is 60.3 cm³/mol. The lowest BCUT2D eigenvalue weighted by atomic mass is 9.98. The number of nitrogens with zero attached hydrogens (tertiary/aromatic N) is 1. The summed E-state index contributed by atoms with van der Waals surface area (Å²) in [6, 6.07) is 1.40. The van der Waals surface area contributed by atoms with Gasteiger partial charge in [-0.1, -0.05) is 11.6 Å². The van der Waals surface area contributed by atoms with Gasteiger partial charge in [0.1, 0.15) is 6.04 Å². The quantitative estimate of drug-likeness (QED) is 0.671. The maximum atomic E-state index is 13.7. The Labute approximate surface area is 110 Å². The fourth-order valence-electron chi connectivity index (χ4n) is 1.74. The van der Waals surface area contributed by atoms with Gasteiger partial charge in [-0.3, -0.25) is 10.1 Å². The normalized spacial score (nSPS) is 21.4. The lowest BCUT2D eigenvalue weighted by Gasteiger charge is -2.31. The van der Waals surface area contributed by atoms with Gasteiger partial charge in [-0.05, 0) is 12.1 Å². The minimum atomic E-state index is -3.47. The van der Waals surface area contributed by atoms with Crippen LogP contribution in [-0.4, -0.2) is 23.5 Å². The Bertz CT molecular complexity index is 552. The highest BCUT2D eigenvalue weighted by atomic mass is 35.5. The maximum absolute atomic E-state index is 13.7. The van der Waals surface area contributed by atoms with Gasteiger partial charge >= 0.3 is 12.0 Å². The molecule has 9 heteroatoms. The third kappa shape index (κ3) is 2.58. The van der Waals surface area contributed by atoms with Crippen molar-refractivity contribution in [1.29, 1.82) is 0 Å². The molecule has 1 amide bonds. The molecule has 2 rings (SSSR count). The van der Waals surface area contributed by atoms with Crippen LogP contribution in [-0.2, 0) is 4.74 Å². The largest absolute Gasteiger partial charge is 0.443 e. The molecule has 6 nitrogen and oxygen atoms in total. The molecule has 0 saturated carbocycles. The highest BCUT2D eigenvalue weighted by Crippen LogP contribution is 2.39. The number of halogens is 3. The molecule has 1 atom stereocenters. The number of ether oxygens (including phenoxy) is 1. The first kappa shape index (κ1) is 13.5. The number of hydrogen-bond acceptors (Lipinski definition) is 4. The Morgan fingerprint density at radius 1 is 1.53 bits per heavy atom. The number of alkyl halides is 2. The SMILES string of the molecule is O=C1N[C@@H](c2cc(Cl)ccc2[N+](=O)[O-])C(F)(F)CO1. The molecule has 1 aliphatic rings. The Kier molecular flexibility index (Phi) is 3.27. The van der Waals surface area contributed by atoms with Crippen molar-refractivity contribution in [3.8, 4) is 0 Å². The Morgan fingerprint density at radius 2 is 2.21 bits per heavy atom. The van der Waals surface area contributed by atoms with Gasteiger partial charge in [0.2, 0.25) is 0 Å². The van der Waals surface area contributed by atoms with Gasteiger partial charge < -0.3 is 10.1 Å². The number of nitrogens with one attached hydrogen (secondary N) is 1. The summed E-state index contributed by atoms with van der Waals surface area (Å²) in [6.07, 6.45) is -1.06. The van der Waals surface area contributed by atoms with Gasteiger partial charge in [0.25, 0.3) is 5.69 Å². The van der Waals surface area contributed by atoms with Crippen molar-refractivity contribution in [2.75, 3.05) is 6.61 Å². The van der Waals surface area contributed by atoms with Crippen molar-refractivity contribution in [1.82, 2.24) is 5.32 Å². The van der Waals surface area contributed by atoms with E-state index in [1.807, 2.05) is 5.32 Å². The minimum absolute atomic E-state index is 0.0529. The number of hydrogen-bond donors (Lipinski definition) is 1. The summed E-state index contributed by atoms with van der Waals surface area (Å²) in [5.74, 6) is -3.47. The van der Waals surface area contributed by atoms with Crippen molar-refractivity contribution >= 4 is 23.4 Å². The molecule has 0 aromatic heterocycles. The first-order valence-electron chi connectivity index (χ1n) is 5.06. The van der Waals surface area contributed by atoms with Crippen molar-refractivity contribution in [3.05, 3.63) is 38.9 Å². The molecular formula is C10H7ClF2N2O4. The van der Waals surface area contributed by atoms with Gasteiger partial charge in [-0.15, -0.1) is 0 Å². The lowest BCUT2D eigenvalue weighted by Crippen LogP contribution is -2.49. The molecule has 1 aromatic carbocycles. The second kappa shape index (κ2) is 4.61. The molecule has 0 spiro atoms. The molecule has 1 aromatic rings. The van der Waals surface area contributed by atoms with E-state index in [1.54, 1.807) is 0 Å². The molecule has 0 bridgehead atoms. The third-order valence-corrected chi connectivity index (χ3v) is 2.81. The van der Waals surface area contributed by atoms with E-state index in [2.05, 4.69) is 4.74 Å². The average Bonchev–Trinajstić information content (AvgIpc) is 2.32. The molecule has 1 aliphatic heterocycles. The zero-order valence-corrected chi connectivity index (χ0v) is 9.99. The Balaban J connectivity index is 2.52. The van der Waals surface area contributed by atoms with E-state index in [0.29, 0.717) is 0 Å². The van der Waals surface area contributed by atoms with Crippen molar-refractivity contribution in [2.45, 2.75) is 12.0 Å². The number of nitro groups is 1. The Morgan fingerprint density at radius 3 is 2.84 bits per heavy atom. The molecule has 1 N–H and O–H groups in total. The fourth-order valence-corrected chi connectivity index (χ4v) is 1.92. The Hall–Kier alpha value is -1.96. The average molecular weight is 293 g/mol. The van der Waals surface area contributed by atoms with E-state index < -0.39 is 35.3 Å². The van der Waals surface area contributed by atoms with Crippen LogP contribution in [0.3, 0.4) is 0 Å². The van der Waals surface area contributed by atoms with Crippen LogP contribution in [0.4, 0.5) is 19.3 Å². The number of carbonyl (C=O) groups excluding carboxylic acids is 1. The smallest absolute Gasteiger partial charge is 0.408 e. The molecule has 0 radical (unpaired) electrons. The lowest BCUT2D eigenvalue weighted by molar-refractivity contribution is -0.386.